The summed E-state index contributed by atoms with van der Waals surface area (Å²) in [5, 5.41) is 0.611. The van der Waals surface area contributed by atoms with Gasteiger partial charge in [0.2, 0.25) is 5.95 Å². The molecule has 2 unspecified atom stereocenters. The molecule has 1 aromatic rings. The van der Waals surface area contributed by atoms with Crippen LogP contribution in [-0.4, -0.2) is 22.6 Å². The molecule has 6 heteroatoms. The van der Waals surface area contributed by atoms with E-state index in [9.17, 15) is 0 Å². The minimum atomic E-state index is 0.425. The van der Waals surface area contributed by atoms with E-state index < -0.39 is 0 Å². The molecule has 1 aromatic heterocycles. The van der Waals surface area contributed by atoms with E-state index in [-0.39, 0.29) is 0 Å². The minimum Gasteiger partial charge on any atom is -0.352 e. The van der Waals surface area contributed by atoms with E-state index in [4.69, 9.17) is 17.4 Å². The van der Waals surface area contributed by atoms with Crippen LogP contribution in [0.3, 0.4) is 0 Å². The number of rotatable bonds is 2. The highest BCUT2D eigenvalue weighted by Gasteiger charge is 2.37. The van der Waals surface area contributed by atoms with Crippen molar-refractivity contribution in [3.05, 3.63) is 11.2 Å². The molecule has 1 aliphatic heterocycles. The Kier molecular flexibility index (Phi) is 3.26. The summed E-state index contributed by atoms with van der Waals surface area (Å²) in [5.74, 6) is 7.42. The summed E-state index contributed by atoms with van der Waals surface area (Å²) in [4.78, 5) is 10.8. The first-order valence-electron chi connectivity index (χ1n) is 6.55. The molecular formula is C12H18ClN5. The Morgan fingerprint density at radius 1 is 1.33 bits per heavy atom. The van der Waals surface area contributed by atoms with Gasteiger partial charge in [0, 0.05) is 12.6 Å². The Bertz CT molecular complexity index is 438. The van der Waals surface area contributed by atoms with Gasteiger partial charge in [-0.3, -0.25) is 5.43 Å². The summed E-state index contributed by atoms with van der Waals surface area (Å²) in [7, 11) is 0. The molecule has 3 rings (SSSR count). The van der Waals surface area contributed by atoms with Crippen LogP contribution in [0.25, 0.3) is 0 Å². The third-order valence-electron chi connectivity index (χ3n) is 4.14. The molecule has 5 nitrogen and oxygen atoms in total. The van der Waals surface area contributed by atoms with Crippen LogP contribution < -0.4 is 16.2 Å². The molecule has 0 spiro atoms. The Balaban J connectivity index is 1.90. The zero-order chi connectivity index (χ0) is 12.5. The smallest absolute Gasteiger partial charge is 0.239 e. The maximum absolute atomic E-state index is 6.23. The van der Waals surface area contributed by atoms with E-state index in [0.717, 1.165) is 18.3 Å². The first-order chi connectivity index (χ1) is 8.79. The molecule has 2 atom stereocenters. The largest absolute Gasteiger partial charge is 0.352 e. The van der Waals surface area contributed by atoms with Crippen LogP contribution in [0, 0.1) is 5.92 Å². The quantitative estimate of drug-likeness (QED) is 0.635. The van der Waals surface area contributed by atoms with Gasteiger partial charge in [0.05, 0.1) is 6.20 Å². The molecular weight excluding hydrogens is 250 g/mol. The lowest BCUT2D eigenvalue weighted by atomic mass is 9.85. The van der Waals surface area contributed by atoms with E-state index in [1.165, 1.54) is 32.1 Å². The highest BCUT2D eigenvalue weighted by Crippen LogP contribution is 2.40. The Labute approximate surface area is 112 Å². The van der Waals surface area contributed by atoms with Gasteiger partial charge in [-0.15, -0.1) is 0 Å². The summed E-state index contributed by atoms with van der Waals surface area (Å²) >= 11 is 6.23. The normalized spacial score (nSPS) is 27.1. The molecule has 1 saturated carbocycles. The van der Waals surface area contributed by atoms with Crippen molar-refractivity contribution >= 4 is 23.4 Å². The first kappa shape index (κ1) is 12.0. The number of halogens is 1. The van der Waals surface area contributed by atoms with Crippen LogP contribution in [-0.2, 0) is 0 Å². The molecule has 0 bridgehead atoms. The molecule has 2 heterocycles. The fourth-order valence-corrected chi connectivity index (χ4v) is 3.50. The van der Waals surface area contributed by atoms with Gasteiger partial charge in [-0.25, -0.2) is 10.8 Å². The van der Waals surface area contributed by atoms with Crippen molar-refractivity contribution in [2.75, 3.05) is 16.9 Å². The number of aromatic nitrogens is 2. The van der Waals surface area contributed by atoms with E-state index in [2.05, 4.69) is 20.3 Å². The van der Waals surface area contributed by atoms with Crippen molar-refractivity contribution in [1.29, 1.82) is 0 Å². The van der Waals surface area contributed by atoms with Crippen LogP contribution in [0.2, 0.25) is 5.02 Å². The van der Waals surface area contributed by atoms with Crippen molar-refractivity contribution in [1.82, 2.24) is 9.97 Å². The predicted molar refractivity (Wildman–Crippen MR) is 72.6 cm³/mol. The standard InChI is InChI=1S/C12H18ClN5/c13-9-7-15-12(17-14)16-11(9)18-6-5-8-3-1-2-4-10(8)18/h7-8,10H,1-6,14H2,(H,15,16,17). The topological polar surface area (TPSA) is 67.1 Å². The van der Waals surface area contributed by atoms with E-state index >= 15 is 0 Å². The van der Waals surface area contributed by atoms with Crippen molar-refractivity contribution < 1.29 is 0 Å². The summed E-state index contributed by atoms with van der Waals surface area (Å²) in [6.45, 7) is 1.04. The molecule has 98 valence electrons. The van der Waals surface area contributed by atoms with Crippen LogP contribution in [0.4, 0.5) is 11.8 Å². The van der Waals surface area contributed by atoms with Crippen molar-refractivity contribution in [2.24, 2.45) is 11.8 Å². The Hall–Kier alpha value is -1.07. The predicted octanol–water partition coefficient (Wildman–Crippen LogP) is 2.18. The lowest BCUT2D eigenvalue weighted by Gasteiger charge is -2.32. The number of fused-ring (bicyclic) bond motifs is 1. The molecule has 0 aromatic carbocycles. The van der Waals surface area contributed by atoms with Crippen molar-refractivity contribution in [3.63, 3.8) is 0 Å². The Morgan fingerprint density at radius 3 is 3.00 bits per heavy atom. The second-order valence-corrected chi connectivity index (χ2v) is 5.51. The lowest BCUT2D eigenvalue weighted by Crippen LogP contribution is -2.35. The number of nitrogens with one attached hydrogen (secondary N) is 1. The summed E-state index contributed by atoms with van der Waals surface area (Å²) in [5.41, 5.74) is 2.48. The van der Waals surface area contributed by atoms with Crippen LogP contribution in [0.15, 0.2) is 6.20 Å². The number of hydrogen-bond donors (Lipinski definition) is 2. The van der Waals surface area contributed by atoms with Crippen LogP contribution >= 0.6 is 11.6 Å². The molecule has 1 aliphatic carbocycles. The van der Waals surface area contributed by atoms with E-state index in [1.807, 2.05) is 0 Å². The van der Waals surface area contributed by atoms with Crippen LogP contribution in [0.5, 0.6) is 0 Å². The lowest BCUT2D eigenvalue weighted by molar-refractivity contribution is 0.341. The first-order valence-corrected chi connectivity index (χ1v) is 6.93. The van der Waals surface area contributed by atoms with Gasteiger partial charge >= 0.3 is 0 Å². The van der Waals surface area contributed by atoms with Crippen LogP contribution in [0.1, 0.15) is 32.1 Å². The zero-order valence-corrected chi connectivity index (χ0v) is 11.0. The van der Waals surface area contributed by atoms with E-state index in [1.54, 1.807) is 6.20 Å². The SMILES string of the molecule is NNc1ncc(Cl)c(N2CCC3CCCCC32)n1. The van der Waals surface area contributed by atoms with Gasteiger partial charge in [-0.1, -0.05) is 24.4 Å². The fourth-order valence-electron chi connectivity index (χ4n) is 3.30. The minimum absolute atomic E-state index is 0.425. The number of hydrogen-bond acceptors (Lipinski definition) is 5. The number of anilines is 2. The van der Waals surface area contributed by atoms with E-state index in [0.29, 0.717) is 17.0 Å². The summed E-state index contributed by atoms with van der Waals surface area (Å²) in [6, 6.07) is 0.594. The van der Waals surface area contributed by atoms with Crippen molar-refractivity contribution in [3.8, 4) is 0 Å². The van der Waals surface area contributed by atoms with Gasteiger partial charge < -0.3 is 4.90 Å². The van der Waals surface area contributed by atoms with Crippen molar-refractivity contribution in [2.45, 2.75) is 38.1 Å². The third-order valence-corrected chi connectivity index (χ3v) is 4.40. The highest BCUT2D eigenvalue weighted by atomic mass is 35.5. The summed E-state index contributed by atoms with van der Waals surface area (Å²) < 4.78 is 0. The average Bonchev–Trinajstić information content (AvgIpc) is 2.83. The van der Waals surface area contributed by atoms with Gasteiger partial charge in [-0.2, -0.15) is 4.98 Å². The number of nitrogens with two attached hydrogens (primary N) is 1. The molecule has 2 fully saturated rings. The molecule has 18 heavy (non-hydrogen) atoms. The summed E-state index contributed by atoms with van der Waals surface area (Å²) in [6.07, 6.45) is 8.12. The van der Waals surface area contributed by atoms with Gasteiger partial charge in [0.1, 0.15) is 5.02 Å². The molecule has 2 aliphatic rings. The second-order valence-electron chi connectivity index (χ2n) is 5.10. The molecule has 0 radical (unpaired) electrons. The highest BCUT2D eigenvalue weighted by molar-refractivity contribution is 6.32. The number of nitrogen functional groups attached to an aromatic ring is 1. The van der Waals surface area contributed by atoms with Gasteiger partial charge in [-0.05, 0) is 25.2 Å². The zero-order valence-electron chi connectivity index (χ0n) is 10.3. The fraction of sp³-hybridized carbons (Fsp3) is 0.667. The van der Waals surface area contributed by atoms with Gasteiger partial charge in [0.25, 0.3) is 0 Å². The number of hydrazine groups is 1. The maximum atomic E-state index is 6.23. The monoisotopic (exact) mass is 267 g/mol. The molecule has 0 amide bonds. The third kappa shape index (κ3) is 2.01. The maximum Gasteiger partial charge on any atom is 0.239 e. The number of nitrogens with zero attached hydrogens (tertiary/aromatic N) is 3. The molecule has 3 N–H and O–H groups in total. The Morgan fingerprint density at radius 2 is 2.17 bits per heavy atom. The molecule has 1 saturated heterocycles. The second kappa shape index (κ2) is 4.90. The average molecular weight is 268 g/mol. The van der Waals surface area contributed by atoms with Gasteiger partial charge in [0.15, 0.2) is 5.82 Å².